The molecule has 0 bridgehead atoms. The minimum absolute atomic E-state index is 0.0609. The van der Waals surface area contributed by atoms with E-state index < -0.39 is 16.0 Å². The number of carbonyl (C=O) groups excluding carboxylic acids is 1. The smallest absolute Gasteiger partial charge is 0.305 e. The maximum absolute atomic E-state index is 11.9. The number of hydrogen-bond acceptors (Lipinski definition) is 6. The van der Waals surface area contributed by atoms with Crippen LogP contribution in [-0.2, 0) is 24.3 Å². The van der Waals surface area contributed by atoms with E-state index in [9.17, 15) is 18.0 Å². The molecule has 0 aliphatic heterocycles. The Kier molecular flexibility index (Phi) is 25.0. The fraction of sp³-hybridized carbons (Fsp3) is 0.933. The summed E-state index contributed by atoms with van der Waals surface area (Å²) in [6.07, 6.45) is 21.6. The minimum Gasteiger partial charge on any atom is -0.481 e. The van der Waals surface area contributed by atoms with Gasteiger partial charge in [-0.2, -0.15) is 0 Å². The number of hydrogen-bond donors (Lipinski definition) is 1. The van der Waals surface area contributed by atoms with Crippen molar-refractivity contribution in [2.24, 2.45) is 0 Å². The highest BCUT2D eigenvalue weighted by atomic mass is 32.2. The van der Waals surface area contributed by atoms with Gasteiger partial charge in [0.1, 0.15) is 0 Å². The Labute approximate surface area is 240 Å². The zero-order valence-corrected chi connectivity index (χ0v) is 26.3. The highest BCUT2D eigenvalue weighted by Crippen LogP contribution is 2.11. The first kappa shape index (κ1) is 37.8. The standard InChI is InChI=1S/C30H60N2O6S/c1-4-5-6-7-8-15-20-28-38-30(35)23-17-12-10-14-19-26-32(27-21-24-31(2)39(3,36)37)25-18-13-9-11-16-22-29(33)34/h4-28H2,1-3H3,(H,33,34). The van der Waals surface area contributed by atoms with Crippen LogP contribution in [0.2, 0.25) is 0 Å². The van der Waals surface area contributed by atoms with Gasteiger partial charge in [0.15, 0.2) is 0 Å². The average molecular weight is 577 g/mol. The van der Waals surface area contributed by atoms with Gasteiger partial charge in [0.25, 0.3) is 0 Å². The van der Waals surface area contributed by atoms with Crippen LogP contribution in [0.25, 0.3) is 0 Å². The molecular formula is C30H60N2O6S. The lowest BCUT2D eigenvalue weighted by atomic mass is 10.1. The predicted octanol–water partition coefficient (Wildman–Crippen LogP) is 6.63. The van der Waals surface area contributed by atoms with Crippen molar-refractivity contribution in [3.05, 3.63) is 0 Å². The zero-order chi connectivity index (χ0) is 29.2. The minimum atomic E-state index is -3.14. The molecule has 0 amide bonds. The molecule has 0 aromatic heterocycles. The first-order valence-electron chi connectivity index (χ1n) is 15.7. The van der Waals surface area contributed by atoms with Gasteiger partial charge < -0.3 is 14.7 Å². The molecular weight excluding hydrogens is 516 g/mol. The lowest BCUT2D eigenvalue weighted by molar-refractivity contribution is -0.144. The first-order valence-corrected chi connectivity index (χ1v) is 17.5. The quantitative estimate of drug-likeness (QED) is 0.0787. The molecule has 0 rings (SSSR count). The molecule has 0 atom stereocenters. The molecule has 0 aromatic carbocycles. The van der Waals surface area contributed by atoms with Gasteiger partial charge in [-0.05, 0) is 58.2 Å². The van der Waals surface area contributed by atoms with E-state index in [-0.39, 0.29) is 12.4 Å². The van der Waals surface area contributed by atoms with Crippen molar-refractivity contribution in [2.75, 3.05) is 46.1 Å². The van der Waals surface area contributed by atoms with Crippen LogP contribution in [0.15, 0.2) is 0 Å². The van der Waals surface area contributed by atoms with Gasteiger partial charge in [-0.25, -0.2) is 12.7 Å². The average Bonchev–Trinajstić information content (AvgIpc) is 2.87. The number of ether oxygens (including phenoxy) is 1. The lowest BCUT2D eigenvalue weighted by Gasteiger charge is -2.23. The van der Waals surface area contributed by atoms with Gasteiger partial charge in [0, 0.05) is 26.4 Å². The molecule has 0 radical (unpaired) electrons. The van der Waals surface area contributed by atoms with Crippen molar-refractivity contribution >= 4 is 22.0 Å². The van der Waals surface area contributed by atoms with Crippen LogP contribution < -0.4 is 0 Å². The highest BCUT2D eigenvalue weighted by Gasteiger charge is 2.12. The summed E-state index contributed by atoms with van der Waals surface area (Å²) in [5.74, 6) is -0.784. The molecule has 9 heteroatoms. The van der Waals surface area contributed by atoms with Crippen LogP contribution in [0.3, 0.4) is 0 Å². The number of nitrogens with zero attached hydrogens (tertiary/aromatic N) is 2. The number of carboxylic acids is 1. The summed E-state index contributed by atoms with van der Waals surface area (Å²) in [5.41, 5.74) is 0. The topological polar surface area (TPSA) is 104 Å². The van der Waals surface area contributed by atoms with Crippen LogP contribution in [0, 0.1) is 0 Å². The maximum atomic E-state index is 11.9. The summed E-state index contributed by atoms with van der Waals surface area (Å²) >= 11 is 0. The van der Waals surface area contributed by atoms with E-state index in [1.807, 2.05) is 0 Å². The van der Waals surface area contributed by atoms with Gasteiger partial charge in [-0.3, -0.25) is 9.59 Å². The molecule has 0 saturated carbocycles. The SMILES string of the molecule is CCCCCCCCCOC(=O)CCCCCCCN(CCCCCCCC(=O)O)CCCN(C)S(C)(=O)=O. The fourth-order valence-corrected chi connectivity index (χ4v) is 5.07. The van der Waals surface area contributed by atoms with Crippen molar-refractivity contribution < 1.29 is 27.9 Å². The van der Waals surface area contributed by atoms with Crippen LogP contribution in [0.1, 0.15) is 135 Å². The second-order valence-electron chi connectivity index (χ2n) is 11.1. The molecule has 232 valence electrons. The van der Waals surface area contributed by atoms with Gasteiger partial charge in [-0.1, -0.05) is 84.0 Å². The number of esters is 1. The summed E-state index contributed by atoms with van der Waals surface area (Å²) in [6.45, 7) is 6.18. The van der Waals surface area contributed by atoms with Crippen LogP contribution in [0.5, 0.6) is 0 Å². The van der Waals surface area contributed by atoms with Crippen LogP contribution in [-0.4, -0.2) is 80.8 Å². The van der Waals surface area contributed by atoms with Gasteiger partial charge in [-0.15, -0.1) is 0 Å². The molecule has 0 fully saturated rings. The van der Waals surface area contributed by atoms with Crippen LogP contribution >= 0.6 is 0 Å². The number of carboxylic acid groups (broad SMARTS) is 1. The summed E-state index contributed by atoms with van der Waals surface area (Å²) in [6, 6.07) is 0. The molecule has 0 heterocycles. The zero-order valence-electron chi connectivity index (χ0n) is 25.5. The third-order valence-corrected chi connectivity index (χ3v) is 8.56. The predicted molar refractivity (Wildman–Crippen MR) is 161 cm³/mol. The molecule has 0 aromatic rings. The molecule has 1 N–H and O–H groups in total. The Bertz CT molecular complexity index is 702. The summed E-state index contributed by atoms with van der Waals surface area (Å²) in [5, 5.41) is 8.74. The van der Waals surface area contributed by atoms with Crippen molar-refractivity contribution in [1.29, 1.82) is 0 Å². The summed E-state index contributed by atoms with van der Waals surface area (Å²) in [7, 11) is -1.52. The fourth-order valence-electron chi connectivity index (χ4n) is 4.61. The molecule has 0 aliphatic carbocycles. The molecule has 39 heavy (non-hydrogen) atoms. The van der Waals surface area contributed by atoms with Gasteiger partial charge in [0.05, 0.1) is 12.9 Å². The number of rotatable bonds is 29. The van der Waals surface area contributed by atoms with Crippen molar-refractivity contribution in [3.8, 4) is 0 Å². The van der Waals surface area contributed by atoms with Crippen LogP contribution in [0.4, 0.5) is 0 Å². The van der Waals surface area contributed by atoms with Gasteiger partial charge >= 0.3 is 11.9 Å². The third kappa shape index (κ3) is 26.8. The van der Waals surface area contributed by atoms with E-state index in [1.54, 1.807) is 7.05 Å². The van der Waals surface area contributed by atoms with Crippen molar-refractivity contribution in [2.45, 2.75) is 135 Å². The lowest BCUT2D eigenvalue weighted by Crippen LogP contribution is -2.32. The van der Waals surface area contributed by atoms with E-state index in [4.69, 9.17) is 9.84 Å². The second-order valence-corrected chi connectivity index (χ2v) is 13.1. The number of unbranched alkanes of at least 4 members (excludes halogenated alkanes) is 14. The maximum Gasteiger partial charge on any atom is 0.305 e. The normalized spacial score (nSPS) is 11.9. The molecule has 0 spiro atoms. The van der Waals surface area contributed by atoms with Crippen molar-refractivity contribution in [3.63, 3.8) is 0 Å². The van der Waals surface area contributed by atoms with E-state index >= 15 is 0 Å². The number of sulfonamides is 1. The number of aliphatic carboxylic acids is 1. The Morgan fingerprint density at radius 3 is 1.64 bits per heavy atom. The molecule has 0 aliphatic rings. The number of carbonyl (C=O) groups is 2. The monoisotopic (exact) mass is 576 g/mol. The Hall–Kier alpha value is -1.19. The largest absolute Gasteiger partial charge is 0.481 e. The third-order valence-electron chi connectivity index (χ3n) is 7.24. The van der Waals surface area contributed by atoms with Gasteiger partial charge in [0.2, 0.25) is 10.0 Å². The summed E-state index contributed by atoms with van der Waals surface area (Å²) < 4.78 is 30.1. The Morgan fingerprint density at radius 1 is 0.641 bits per heavy atom. The first-order chi connectivity index (χ1) is 18.7. The van der Waals surface area contributed by atoms with E-state index in [0.717, 1.165) is 103 Å². The Morgan fingerprint density at radius 2 is 1.10 bits per heavy atom. The Balaban J connectivity index is 3.99. The molecule has 8 nitrogen and oxygen atoms in total. The molecule has 0 unspecified atom stereocenters. The summed E-state index contributed by atoms with van der Waals surface area (Å²) in [4.78, 5) is 25.0. The van der Waals surface area contributed by atoms with E-state index in [0.29, 0.717) is 19.6 Å². The van der Waals surface area contributed by atoms with Crippen molar-refractivity contribution in [1.82, 2.24) is 9.21 Å². The second kappa shape index (κ2) is 25.8. The van der Waals surface area contributed by atoms with E-state index in [1.165, 1.54) is 42.7 Å². The van der Waals surface area contributed by atoms with E-state index in [2.05, 4.69) is 11.8 Å². The highest BCUT2D eigenvalue weighted by molar-refractivity contribution is 7.88. The molecule has 0 saturated heterocycles.